The van der Waals surface area contributed by atoms with Crippen LogP contribution in [0.4, 0.5) is 0 Å². The number of hydrogen-bond donors (Lipinski definition) is 0. The Labute approximate surface area is 116 Å². The molecule has 0 spiro atoms. The van der Waals surface area contributed by atoms with Gasteiger partial charge in [-0.05, 0) is 18.2 Å². The van der Waals surface area contributed by atoms with Crippen LogP contribution in [0.3, 0.4) is 0 Å². The lowest BCUT2D eigenvalue weighted by Crippen LogP contribution is -2.03. The normalized spacial score (nSPS) is 10.2. The third kappa shape index (κ3) is 2.29. The molecule has 0 bridgehead atoms. The minimum atomic E-state index is 0.380. The van der Waals surface area contributed by atoms with Crippen LogP contribution in [-0.2, 0) is 0 Å². The summed E-state index contributed by atoms with van der Waals surface area (Å²) in [4.78, 5) is 8.49. The first-order valence-corrected chi connectivity index (χ1v) is 6.03. The van der Waals surface area contributed by atoms with Crippen LogP contribution in [0.15, 0.2) is 47.1 Å². The zero-order valence-electron chi connectivity index (χ0n) is 10.7. The highest BCUT2D eigenvalue weighted by atomic mass is 16.5. The van der Waals surface area contributed by atoms with Crippen LogP contribution < -0.4 is 5.46 Å². The SMILES string of the molecule is Bc1cc(C#N)cc(-c2nc(-c3ccccn3)no2)c1. The van der Waals surface area contributed by atoms with E-state index in [1.165, 1.54) is 0 Å². The second-order valence-electron chi connectivity index (χ2n) is 4.34. The standard InChI is InChI=1S/C14H9BN4O/c15-11-6-9(8-16)5-10(7-11)14-18-13(19-20-14)12-3-1-2-4-17-12/h1-7H,15H2. The molecule has 1 aromatic carbocycles. The van der Waals surface area contributed by atoms with Crippen LogP contribution in [0.1, 0.15) is 5.56 Å². The van der Waals surface area contributed by atoms with Gasteiger partial charge in [-0.3, -0.25) is 4.98 Å². The Balaban J connectivity index is 2.03. The summed E-state index contributed by atoms with van der Waals surface area (Å²) < 4.78 is 5.25. The van der Waals surface area contributed by atoms with Crippen molar-refractivity contribution in [1.82, 2.24) is 15.1 Å². The van der Waals surface area contributed by atoms with E-state index in [0.29, 0.717) is 23.0 Å². The van der Waals surface area contributed by atoms with Crippen LogP contribution in [0.2, 0.25) is 0 Å². The monoisotopic (exact) mass is 260 g/mol. The Morgan fingerprint density at radius 1 is 1.20 bits per heavy atom. The molecule has 3 aromatic rings. The lowest BCUT2D eigenvalue weighted by molar-refractivity contribution is 0.432. The Kier molecular flexibility index (Phi) is 3.02. The molecule has 0 aliphatic carbocycles. The van der Waals surface area contributed by atoms with Crippen LogP contribution in [0, 0.1) is 11.3 Å². The molecule has 20 heavy (non-hydrogen) atoms. The van der Waals surface area contributed by atoms with E-state index < -0.39 is 0 Å². The zero-order chi connectivity index (χ0) is 13.9. The summed E-state index contributed by atoms with van der Waals surface area (Å²) in [5.74, 6) is 0.812. The number of hydrogen-bond acceptors (Lipinski definition) is 5. The summed E-state index contributed by atoms with van der Waals surface area (Å²) >= 11 is 0. The van der Waals surface area contributed by atoms with Crippen LogP contribution in [0.5, 0.6) is 0 Å². The summed E-state index contributed by atoms with van der Waals surface area (Å²) in [6, 6.07) is 13.0. The first-order valence-electron chi connectivity index (χ1n) is 6.03. The first-order chi connectivity index (χ1) is 9.76. The molecule has 0 saturated carbocycles. The summed E-state index contributed by atoms with van der Waals surface area (Å²) in [7, 11) is 1.92. The van der Waals surface area contributed by atoms with E-state index in [-0.39, 0.29) is 0 Å². The van der Waals surface area contributed by atoms with Crippen LogP contribution in [-0.4, -0.2) is 23.0 Å². The Morgan fingerprint density at radius 3 is 2.85 bits per heavy atom. The van der Waals surface area contributed by atoms with E-state index in [0.717, 1.165) is 11.0 Å². The van der Waals surface area contributed by atoms with Crippen molar-refractivity contribution in [2.45, 2.75) is 0 Å². The second-order valence-corrected chi connectivity index (χ2v) is 4.34. The van der Waals surface area contributed by atoms with E-state index in [4.69, 9.17) is 9.78 Å². The fourth-order valence-corrected chi connectivity index (χ4v) is 1.91. The van der Waals surface area contributed by atoms with E-state index in [2.05, 4.69) is 21.2 Å². The van der Waals surface area contributed by atoms with Crippen molar-refractivity contribution in [3.8, 4) is 29.0 Å². The van der Waals surface area contributed by atoms with Gasteiger partial charge >= 0.3 is 0 Å². The average molecular weight is 260 g/mol. The predicted octanol–water partition coefficient (Wildman–Crippen LogP) is 0.929. The van der Waals surface area contributed by atoms with E-state index >= 15 is 0 Å². The van der Waals surface area contributed by atoms with Gasteiger partial charge in [0.05, 0.1) is 11.6 Å². The summed E-state index contributed by atoms with van der Waals surface area (Å²) in [5.41, 5.74) is 2.92. The molecule has 0 unspecified atom stereocenters. The van der Waals surface area contributed by atoms with Gasteiger partial charge in [0.15, 0.2) is 0 Å². The van der Waals surface area contributed by atoms with Gasteiger partial charge in [0.1, 0.15) is 13.5 Å². The number of nitrogens with zero attached hydrogens (tertiary/aromatic N) is 4. The third-order valence-corrected chi connectivity index (χ3v) is 2.77. The van der Waals surface area contributed by atoms with Crippen molar-refractivity contribution in [2.24, 2.45) is 0 Å². The van der Waals surface area contributed by atoms with E-state index in [1.54, 1.807) is 18.3 Å². The molecule has 2 aromatic heterocycles. The van der Waals surface area contributed by atoms with Crippen molar-refractivity contribution in [2.75, 3.05) is 0 Å². The first kappa shape index (κ1) is 12.1. The smallest absolute Gasteiger partial charge is 0.258 e. The van der Waals surface area contributed by atoms with Crippen molar-refractivity contribution in [3.63, 3.8) is 0 Å². The lowest BCUT2D eigenvalue weighted by Gasteiger charge is -1.98. The van der Waals surface area contributed by atoms with Gasteiger partial charge in [-0.15, -0.1) is 0 Å². The van der Waals surface area contributed by atoms with Crippen molar-refractivity contribution >= 4 is 13.3 Å². The van der Waals surface area contributed by atoms with Gasteiger partial charge in [-0.25, -0.2) is 0 Å². The molecule has 0 aliphatic heterocycles. The minimum absolute atomic E-state index is 0.380. The molecule has 0 aliphatic rings. The Morgan fingerprint density at radius 2 is 2.10 bits per heavy atom. The fourth-order valence-electron chi connectivity index (χ4n) is 1.91. The van der Waals surface area contributed by atoms with Gasteiger partial charge in [0.2, 0.25) is 5.82 Å². The van der Waals surface area contributed by atoms with Crippen molar-refractivity contribution in [3.05, 3.63) is 48.2 Å². The third-order valence-electron chi connectivity index (χ3n) is 2.77. The molecule has 3 rings (SSSR count). The predicted molar refractivity (Wildman–Crippen MR) is 75.9 cm³/mol. The van der Waals surface area contributed by atoms with Gasteiger partial charge in [-0.1, -0.05) is 28.8 Å². The summed E-state index contributed by atoms with van der Waals surface area (Å²) in [6.07, 6.45) is 1.67. The fraction of sp³-hybridized carbons (Fsp3) is 0. The molecule has 0 saturated heterocycles. The van der Waals surface area contributed by atoms with Crippen LogP contribution in [0.25, 0.3) is 23.0 Å². The molecule has 2 heterocycles. The van der Waals surface area contributed by atoms with E-state index in [1.807, 2.05) is 32.1 Å². The van der Waals surface area contributed by atoms with Crippen molar-refractivity contribution in [1.29, 1.82) is 5.26 Å². The maximum absolute atomic E-state index is 8.99. The Hall–Kier alpha value is -2.94. The number of nitriles is 1. The molecule has 0 amide bonds. The molecule has 6 heteroatoms. The summed E-state index contributed by atoms with van der Waals surface area (Å²) in [6.45, 7) is 0. The molecule has 0 fully saturated rings. The van der Waals surface area contributed by atoms with Gasteiger partial charge in [0, 0.05) is 11.8 Å². The van der Waals surface area contributed by atoms with E-state index in [9.17, 15) is 0 Å². The molecular formula is C14H9BN4O. The number of pyridine rings is 1. The number of rotatable bonds is 2. The average Bonchev–Trinajstić information content (AvgIpc) is 2.97. The molecule has 0 atom stereocenters. The Bertz CT molecular complexity index is 792. The number of aromatic nitrogens is 3. The maximum atomic E-state index is 8.99. The molecule has 94 valence electrons. The van der Waals surface area contributed by atoms with Crippen molar-refractivity contribution < 1.29 is 4.52 Å². The second kappa shape index (κ2) is 4.98. The maximum Gasteiger partial charge on any atom is 0.258 e. The largest absolute Gasteiger partial charge is 0.334 e. The van der Waals surface area contributed by atoms with Gasteiger partial charge < -0.3 is 4.52 Å². The quantitative estimate of drug-likeness (QED) is 0.640. The molecule has 0 radical (unpaired) electrons. The zero-order valence-corrected chi connectivity index (χ0v) is 10.7. The van der Waals surface area contributed by atoms with Gasteiger partial charge in [-0.2, -0.15) is 10.2 Å². The summed E-state index contributed by atoms with van der Waals surface area (Å²) in [5, 5.41) is 12.9. The van der Waals surface area contributed by atoms with Crippen LogP contribution >= 0.6 is 0 Å². The molecular weight excluding hydrogens is 251 g/mol. The highest BCUT2D eigenvalue weighted by Crippen LogP contribution is 2.20. The topological polar surface area (TPSA) is 75.6 Å². The highest BCUT2D eigenvalue weighted by Gasteiger charge is 2.12. The highest BCUT2D eigenvalue weighted by molar-refractivity contribution is 6.32. The van der Waals surface area contributed by atoms with Gasteiger partial charge in [0.25, 0.3) is 5.89 Å². The lowest BCUT2D eigenvalue weighted by atomic mass is 9.92. The number of benzene rings is 1. The molecule has 0 N–H and O–H groups in total. The minimum Gasteiger partial charge on any atom is -0.334 e. The molecule has 5 nitrogen and oxygen atoms in total.